The molecule has 0 aliphatic carbocycles. The zero-order chi connectivity index (χ0) is 16.2. The number of benzene rings is 2. The van der Waals surface area contributed by atoms with Crippen LogP contribution >= 0.6 is 11.8 Å². The van der Waals surface area contributed by atoms with Crippen LogP contribution in [0.2, 0.25) is 0 Å². The predicted octanol–water partition coefficient (Wildman–Crippen LogP) is 3.51. The second-order valence-corrected chi connectivity index (χ2v) is 8.16. The van der Waals surface area contributed by atoms with Crippen molar-refractivity contribution in [2.45, 2.75) is 16.4 Å². The van der Waals surface area contributed by atoms with Crippen LogP contribution in [-0.4, -0.2) is 26.8 Å². The Labute approximate surface area is 135 Å². The molecular weight excluding hydrogens is 321 g/mol. The van der Waals surface area contributed by atoms with Crippen LogP contribution in [0.3, 0.4) is 0 Å². The maximum atomic E-state index is 13.5. The lowest BCUT2D eigenvalue weighted by Gasteiger charge is -2.12. The molecule has 0 saturated carbocycles. The minimum absolute atomic E-state index is 0.209. The molecular formula is C16H18FNO2S2. The quantitative estimate of drug-likeness (QED) is 0.808. The highest BCUT2D eigenvalue weighted by Crippen LogP contribution is 2.22. The van der Waals surface area contributed by atoms with E-state index in [0.717, 1.165) is 5.56 Å². The molecule has 0 heterocycles. The van der Waals surface area contributed by atoms with Crippen molar-refractivity contribution in [2.75, 3.05) is 14.1 Å². The Kier molecular flexibility index (Phi) is 5.61. The molecule has 0 amide bonds. The molecule has 0 aliphatic rings. The first-order valence-electron chi connectivity index (χ1n) is 6.74. The van der Waals surface area contributed by atoms with Gasteiger partial charge in [-0.1, -0.05) is 30.3 Å². The average molecular weight is 339 g/mol. The molecule has 118 valence electrons. The van der Waals surface area contributed by atoms with Gasteiger partial charge in [-0.15, -0.1) is 0 Å². The van der Waals surface area contributed by atoms with E-state index >= 15 is 0 Å². The summed E-state index contributed by atoms with van der Waals surface area (Å²) >= 11 is 1.55. The van der Waals surface area contributed by atoms with E-state index in [0.29, 0.717) is 17.1 Å². The van der Waals surface area contributed by atoms with E-state index in [4.69, 9.17) is 0 Å². The van der Waals surface area contributed by atoms with Gasteiger partial charge in [0.2, 0.25) is 10.0 Å². The maximum Gasteiger partial charge on any atom is 0.242 e. The normalized spacial score (nSPS) is 11.8. The van der Waals surface area contributed by atoms with Crippen LogP contribution in [0, 0.1) is 5.82 Å². The summed E-state index contributed by atoms with van der Waals surface area (Å²) in [4.78, 5) is 0.279. The predicted molar refractivity (Wildman–Crippen MR) is 88.7 cm³/mol. The van der Waals surface area contributed by atoms with Crippen LogP contribution < -0.4 is 0 Å². The molecule has 0 unspecified atom stereocenters. The number of hydrogen-bond acceptors (Lipinski definition) is 3. The molecule has 0 aromatic heterocycles. The highest BCUT2D eigenvalue weighted by molar-refractivity contribution is 7.97. The maximum absolute atomic E-state index is 13.5. The summed E-state index contributed by atoms with van der Waals surface area (Å²) in [5.41, 5.74) is 1.56. The smallest absolute Gasteiger partial charge is 0.207 e. The number of sulfonamides is 1. The molecule has 2 rings (SSSR count). The van der Waals surface area contributed by atoms with Gasteiger partial charge in [-0.05, 0) is 29.3 Å². The van der Waals surface area contributed by atoms with E-state index in [1.807, 2.05) is 12.1 Å². The Bertz CT molecular complexity index is 745. The fraction of sp³-hybridized carbons (Fsp3) is 0.250. The van der Waals surface area contributed by atoms with E-state index in [9.17, 15) is 12.8 Å². The van der Waals surface area contributed by atoms with Gasteiger partial charge in [-0.25, -0.2) is 17.1 Å². The van der Waals surface area contributed by atoms with Crippen molar-refractivity contribution in [3.63, 3.8) is 0 Å². The van der Waals surface area contributed by atoms with Gasteiger partial charge in [0, 0.05) is 25.6 Å². The number of rotatable bonds is 6. The lowest BCUT2D eigenvalue weighted by atomic mass is 10.2. The van der Waals surface area contributed by atoms with Gasteiger partial charge < -0.3 is 0 Å². The lowest BCUT2D eigenvalue weighted by Crippen LogP contribution is -2.22. The van der Waals surface area contributed by atoms with Gasteiger partial charge in [-0.2, -0.15) is 11.8 Å². The summed E-state index contributed by atoms with van der Waals surface area (Å²) in [6.45, 7) is 0. The largest absolute Gasteiger partial charge is 0.242 e. The zero-order valence-electron chi connectivity index (χ0n) is 12.5. The fourth-order valence-electron chi connectivity index (χ4n) is 1.90. The Morgan fingerprint density at radius 2 is 1.77 bits per heavy atom. The minimum atomic E-state index is -3.42. The Hall–Kier alpha value is -1.37. The second kappa shape index (κ2) is 7.26. The average Bonchev–Trinajstić information content (AvgIpc) is 2.49. The molecule has 0 fully saturated rings. The van der Waals surface area contributed by atoms with Crippen LogP contribution in [-0.2, 0) is 21.5 Å². The molecule has 22 heavy (non-hydrogen) atoms. The first-order valence-corrected chi connectivity index (χ1v) is 9.33. The molecule has 2 aromatic carbocycles. The van der Waals surface area contributed by atoms with Crippen LogP contribution in [0.4, 0.5) is 4.39 Å². The van der Waals surface area contributed by atoms with Crippen molar-refractivity contribution in [1.29, 1.82) is 0 Å². The number of nitrogens with zero attached hydrogens (tertiary/aromatic N) is 1. The number of thioether (sulfide) groups is 1. The standard InChI is InChI=1S/C16H18FNO2S2/c1-18(2)22(19,20)15-8-5-6-13(10-15)11-21-12-14-7-3-4-9-16(14)17/h3-10H,11-12H2,1-2H3. The number of hydrogen-bond donors (Lipinski definition) is 0. The summed E-state index contributed by atoms with van der Waals surface area (Å²) in [5, 5.41) is 0. The van der Waals surface area contributed by atoms with Gasteiger partial charge in [0.05, 0.1) is 4.90 Å². The fourth-order valence-corrected chi connectivity index (χ4v) is 3.84. The van der Waals surface area contributed by atoms with Crippen LogP contribution in [0.5, 0.6) is 0 Å². The second-order valence-electron chi connectivity index (χ2n) is 5.02. The molecule has 0 atom stereocenters. The van der Waals surface area contributed by atoms with Gasteiger partial charge in [0.25, 0.3) is 0 Å². The van der Waals surface area contributed by atoms with E-state index in [1.165, 1.54) is 24.5 Å². The summed E-state index contributed by atoms with van der Waals surface area (Å²) < 4.78 is 38.9. The van der Waals surface area contributed by atoms with Crippen LogP contribution in [0.1, 0.15) is 11.1 Å². The molecule has 0 saturated heterocycles. The first kappa shape index (κ1) is 17.0. The molecule has 3 nitrogen and oxygen atoms in total. The van der Waals surface area contributed by atoms with Crippen molar-refractivity contribution >= 4 is 21.8 Å². The third-order valence-electron chi connectivity index (χ3n) is 3.16. The summed E-state index contributed by atoms with van der Waals surface area (Å²) in [7, 11) is -0.402. The van der Waals surface area contributed by atoms with E-state index in [1.54, 1.807) is 42.1 Å². The zero-order valence-corrected chi connectivity index (χ0v) is 14.1. The third-order valence-corrected chi connectivity index (χ3v) is 6.02. The molecule has 0 bridgehead atoms. The van der Waals surface area contributed by atoms with Crippen molar-refractivity contribution in [1.82, 2.24) is 4.31 Å². The van der Waals surface area contributed by atoms with Gasteiger partial charge >= 0.3 is 0 Å². The van der Waals surface area contributed by atoms with Crippen LogP contribution in [0.25, 0.3) is 0 Å². The van der Waals surface area contributed by atoms with Crippen molar-refractivity contribution in [3.05, 3.63) is 65.5 Å². The van der Waals surface area contributed by atoms with Gasteiger partial charge in [0.15, 0.2) is 0 Å². The van der Waals surface area contributed by atoms with Crippen molar-refractivity contribution in [3.8, 4) is 0 Å². The molecule has 2 aromatic rings. The SMILES string of the molecule is CN(C)S(=O)(=O)c1cccc(CSCc2ccccc2F)c1. The van der Waals surface area contributed by atoms with E-state index in [2.05, 4.69) is 0 Å². The van der Waals surface area contributed by atoms with E-state index < -0.39 is 10.0 Å². The lowest BCUT2D eigenvalue weighted by molar-refractivity contribution is 0.520. The van der Waals surface area contributed by atoms with Gasteiger partial charge in [-0.3, -0.25) is 0 Å². The monoisotopic (exact) mass is 339 g/mol. The van der Waals surface area contributed by atoms with Gasteiger partial charge in [0.1, 0.15) is 5.82 Å². The molecule has 0 aliphatic heterocycles. The minimum Gasteiger partial charge on any atom is -0.207 e. The Balaban J connectivity index is 2.04. The topological polar surface area (TPSA) is 37.4 Å². The number of halogens is 1. The molecule has 0 radical (unpaired) electrons. The Morgan fingerprint density at radius 3 is 2.45 bits per heavy atom. The molecule has 0 N–H and O–H groups in total. The third kappa shape index (κ3) is 4.09. The molecule has 0 spiro atoms. The Morgan fingerprint density at radius 1 is 1.05 bits per heavy atom. The highest BCUT2D eigenvalue weighted by Gasteiger charge is 2.17. The van der Waals surface area contributed by atoms with Crippen molar-refractivity contribution in [2.24, 2.45) is 0 Å². The summed E-state index contributed by atoms with van der Waals surface area (Å²) in [6, 6.07) is 13.5. The summed E-state index contributed by atoms with van der Waals surface area (Å²) in [6.07, 6.45) is 0. The summed E-state index contributed by atoms with van der Waals surface area (Å²) in [5.74, 6) is 0.974. The van der Waals surface area contributed by atoms with Crippen LogP contribution in [0.15, 0.2) is 53.4 Å². The molecule has 6 heteroatoms. The highest BCUT2D eigenvalue weighted by atomic mass is 32.2. The first-order chi connectivity index (χ1) is 10.4. The van der Waals surface area contributed by atoms with Crippen molar-refractivity contribution < 1.29 is 12.8 Å². The van der Waals surface area contributed by atoms with E-state index in [-0.39, 0.29) is 10.7 Å².